The molecule has 1 aliphatic heterocycles. The number of allylic oxidation sites excluding steroid dienone is 4. The molecule has 7 nitrogen and oxygen atoms in total. The van der Waals surface area contributed by atoms with Crippen molar-refractivity contribution >= 4 is 29.3 Å². The Kier molecular flexibility index (Phi) is 33.0. The highest BCUT2D eigenvalue weighted by Crippen LogP contribution is 2.24. The Bertz CT molecular complexity index is 1140. The molecule has 8 heteroatoms. The van der Waals surface area contributed by atoms with Crippen LogP contribution < -0.4 is 11.1 Å². The number of nitrogens with two attached hydrogens (primary N) is 1. The highest BCUT2D eigenvalue weighted by molar-refractivity contribution is 7.99. The van der Waals surface area contributed by atoms with E-state index >= 15 is 0 Å². The van der Waals surface area contributed by atoms with E-state index in [1.165, 1.54) is 35.6 Å². The molecule has 5 N–H and O–H groups in total. The molecule has 1 saturated heterocycles. The maximum absolute atomic E-state index is 12.1. The fourth-order valence-corrected chi connectivity index (χ4v) is 4.97. The second-order valence-electron chi connectivity index (χ2n) is 8.60. The number of rotatable bonds is 6. The molecule has 1 atom stereocenters. The number of hydrogen-bond donors (Lipinski definition) is 4. The number of nitrogens with zero attached hydrogens (tertiary/aromatic N) is 2. The normalized spacial score (nSPS) is 14.0. The highest BCUT2D eigenvalue weighted by Gasteiger charge is 2.25. The molecule has 1 amide bonds. The number of aromatic amines is 1. The van der Waals surface area contributed by atoms with Crippen molar-refractivity contribution in [2.75, 3.05) is 33.5 Å². The summed E-state index contributed by atoms with van der Waals surface area (Å²) in [4.78, 5) is 22.0. The second kappa shape index (κ2) is 32.2. The van der Waals surface area contributed by atoms with Crippen molar-refractivity contribution in [3.63, 3.8) is 0 Å². The molecule has 2 aliphatic rings. The van der Waals surface area contributed by atoms with Crippen LogP contribution in [0, 0.1) is 11.8 Å². The van der Waals surface area contributed by atoms with Crippen LogP contribution in [0.2, 0.25) is 0 Å². The van der Waals surface area contributed by atoms with Crippen molar-refractivity contribution in [3.8, 4) is 11.8 Å². The molecule has 254 valence electrons. The smallest absolute Gasteiger partial charge is 0.233 e. The van der Waals surface area contributed by atoms with Gasteiger partial charge in [0.05, 0.1) is 11.4 Å². The maximum Gasteiger partial charge on any atom is 0.233 e. The number of carbonyl (C=O) groups is 1. The van der Waals surface area contributed by atoms with Gasteiger partial charge in [0.15, 0.2) is 5.16 Å². The van der Waals surface area contributed by atoms with Crippen LogP contribution in [0.25, 0.3) is 11.6 Å². The van der Waals surface area contributed by atoms with E-state index in [2.05, 4.69) is 71.0 Å². The zero-order chi connectivity index (χ0) is 35.0. The molecule has 2 aromatic rings. The number of likely N-dealkylation sites (N-methyl/N-ethyl adjacent to an activating group) is 1. The average molecular weight is 642 g/mol. The van der Waals surface area contributed by atoms with Crippen LogP contribution in [-0.4, -0.2) is 65.4 Å². The number of carbonyl (C=O) groups excluding carboxylic acids is 1. The lowest BCUT2D eigenvalue weighted by Crippen LogP contribution is -2.34. The maximum atomic E-state index is 12.1. The van der Waals surface area contributed by atoms with Crippen LogP contribution >= 0.6 is 11.8 Å². The molecule has 1 aromatic heterocycles. The summed E-state index contributed by atoms with van der Waals surface area (Å²) in [6, 6.07) is 10.7. The summed E-state index contributed by atoms with van der Waals surface area (Å²) in [5, 5.41) is 11.1. The van der Waals surface area contributed by atoms with E-state index in [0.717, 1.165) is 55.9 Å². The monoisotopic (exact) mass is 641 g/mol. The number of H-pyrrole nitrogens is 1. The van der Waals surface area contributed by atoms with Gasteiger partial charge in [0.25, 0.3) is 0 Å². The molecule has 1 fully saturated rings. The van der Waals surface area contributed by atoms with Gasteiger partial charge in [-0.3, -0.25) is 4.79 Å². The summed E-state index contributed by atoms with van der Waals surface area (Å²) in [5.74, 6) is 6.48. The summed E-state index contributed by atoms with van der Waals surface area (Å²) in [7, 11) is 4.42. The third kappa shape index (κ3) is 18.3. The standard InChI is InChI=1S/C15H17N.C14H19N3OS.3C2H6.CH5N.CH4O/c1-4-5-7-12-15(16-3)13(2)14-10-8-6-9-11-14;1-10-5-4-8-17(10)13(18)9-19-14-15-11-6-2-3-7-12(11)16-14;5*1-2/h6-12,16H,1-3H3;2,6,10H,3-5,7-9H2,1H3,(H,15,16);3*1-2H3;2H2,1H3;2H,1H3/b12-7-,15-13-;;;;;;. The van der Waals surface area contributed by atoms with Crippen LogP contribution in [0.5, 0.6) is 0 Å². The lowest BCUT2D eigenvalue weighted by molar-refractivity contribution is -0.128. The SMILES string of the molecule is CC.CC.CC.CC#C/C=C\C(NC)=C(/C)c1ccccc1.CC1CCCN1C(=O)CSc1nc2c([nH]1)CCC=C2.CN.CO. The first-order chi connectivity index (χ1) is 22.0. The van der Waals surface area contributed by atoms with E-state index in [0.29, 0.717) is 11.8 Å². The predicted molar refractivity (Wildman–Crippen MR) is 200 cm³/mol. The van der Waals surface area contributed by atoms with Gasteiger partial charge in [-0.15, -0.1) is 5.92 Å². The van der Waals surface area contributed by atoms with E-state index in [1.807, 2.05) is 90.8 Å². The van der Waals surface area contributed by atoms with Gasteiger partial charge in [-0.2, -0.15) is 0 Å². The summed E-state index contributed by atoms with van der Waals surface area (Å²) < 4.78 is 0. The van der Waals surface area contributed by atoms with Crippen molar-refractivity contribution in [3.05, 3.63) is 71.2 Å². The summed E-state index contributed by atoms with van der Waals surface area (Å²) >= 11 is 1.52. The molecular formula is C37H63N5O2S. The largest absolute Gasteiger partial charge is 0.400 e. The fourth-order valence-electron chi connectivity index (χ4n) is 4.18. The third-order valence-corrected chi connectivity index (χ3v) is 7.05. The van der Waals surface area contributed by atoms with E-state index in [-0.39, 0.29) is 5.91 Å². The molecule has 0 bridgehead atoms. The number of thioether (sulfide) groups is 1. The van der Waals surface area contributed by atoms with Gasteiger partial charge in [-0.25, -0.2) is 4.98 Å². The van der Waals surface area contributed by atoms with E-state index < -0.39 is 0 Å². The van der Waals surface area contributed by atoms with Crippen molar-refractivity contribution in [1.29, 1.82) is 0 Å². The second-order valence-corrected chi connectivity index (χ2v) is 9.56. The molecule has 1 aliphatic carbocycles. The first kappa shape index (κ1) is 46.2. The first-order valence-electron chi connectivity index (χ1n) is 16.3. The number of likely N-dealkylation sites (tertiary alicyclic amines) is 1. The first-order valence-corrected chi connectivity index (χ1v) is 17.2. The van der Waals surface area contributed by atoms with Crippen LogP contribution in [-0.2, 0) is 11.2 Å². The Morgan fingerprint density at radius 3 is 2.29 bits per heavy atom. The highest BCUT2D eigenvalue weighted by atomic mass is 32.2. The number of aliphatic hydroxyl groups is 1. The molecular weight excluding hydrogens is 579 g/mol. The average Bonchev–Trinajstić information content (AvgIpc) is 3.76. The van der Waals surface area contributed by atoms with Crippen LogP contribution in [0.4, 0.5) is 0 Å². The molecule has 0 spiro atoms. The van der Waals surface area contributed by atoms with Gasteiger partial charge in [0.2, 0.25) is 5.91 Å². The Balaban J connectivity index is -0.000000620. The summed E-state index contributed by atoms with van der Waals surface area (Å²) in [5.41, 5.74) is 10.3. The fraction of sp³-hybridized carbons (Fsp3) is 0.514. The minimum Gasteiger partial charge on any atom is -0.400 e. The van der Waals surface area contributed by atoms with Crippen LogP contribution in [0.1, 0.15) is 98.5 Å². The van der Waals surface area contributed by atoms with Gasteiger partial charge in [0.1, 0.15) is 0 Å². The molecule has 1 unspecified atom stereocenters. The number of benzene rings is 1. The molecule has 0 radical (unpaired) electrons. The third-order valence-electron chi connectivity index (χ3n) is 6.19. The molecule has 4 rings (SSSR count). The summed E-state index contributed by atoms with van der Waals surface area (Å²) in [6.07, 6.45) is 12.4. The quantitative estimate of drug-likeness (QED) is 0.145. The van der Waals surface area contributed by atoms with E-state index in [4.69, 9.17) is 5.11 Å². The topological polar surface area (TPSA) is 107 Å². The van der Waals surface area contributed by atoms with Gasteiger partial charge in [-0.05, 0) is 82.9 Å². The number of fused-ring (bicyclic) bond motifs is 1. The number of aliphatic hydroxyl groups excluding tert-OH is 1. The Morgan fingerprint density at radius 1 is 1.16 bits per heavy atom. The zero-order valence-electron chi connectivity index (χ0n) is 30.3. The van der Waals surface area contributed by atoms with Gasteiger partial charge in [0, 0.05) is 38.1 Å². The van der Waals surface area contributed by atoms with Crippen LogP contribution in [0.3, 0.4) is 0 Å². The van der Waals surface area contributed by atoms with Crippen molar-refractivity contribution < 1.29 is 9.90 Å². The lowest BCUT2D eigenvalue weighted by Gasteiger charge is -2.20. The van der Waals surface area contributed by atoms with Crippen LogP contribution in [0.15, 0.2) is 59.4 Å². The lowest BCUT2D eigenvalue weighted by atomic mass is 10.1. The number of nitrogens with one attached hydrogen (secondary N) is 2. The van der Waals surface area contributed by atoms with Gasteiger partial charge in [-0.1, -0.05) is 95.6 Å². The minimum atomic E-state index is 0.236. The molecule has 2 heterocycles. The number of amides is 1. The Hall–Kier alpha value is -3.25. The predicted octanol–water partition coefficient (Wildman–Crippen LogP) is 7.95. The number of hydrogen-bond acceptors (Lipinski definition) is 6. The molecule has 1 aromatic carbocycles. The van der Waals surface area contributed by atoms with Gasteiger partial charge < -0.3 is 26.0 Å². The number of imidazole rings is 1. The zero-order valence-corrected chi connectivity index (χ0v) is 31.1. The van der Waals surface area contributed by atoms with Gasteiger partial charge >= 0.3 is 0 Å². The number of aryl methyl sites for hydroxylation is 1. The minimum absolute atomic E-state index is 0.236. The van der Waals surface area contributed by atoms with Crippen molar-refractivity contribution in [2.45, 2.75) is 99.2 Å². The van der Waals surface area contributed by atoms with E-state index in [1.54, 1.807) is 0 Å². The number of aromatic nitrogens is 2. The van der Waals surface area contributed by atoms with E-state index in [9.17, 15) is 4.79 Å². The van der Waals surface area contributed by atoms with Crippen molar-refractivity contribution in [1.82, 2.24) is 20.2 Å². The Morgan fingerprint density at radius 2 is 1.78 bits per heavy atom. The van der Waals surface area contributed by atoms with Crippen molar-refractivity contribution in [2.24, 2.45) is 5.73 Å². The summed E-state index contributed by atoms with van der Waals surface area (Å²) in [6.45, 7) is 19.0. The molecule has 45 heavy (non-hydrogen) atoms. The molecule has 0 saturated carbocycles. The Labute approximate surface area is 280 Å².